The van der Waals surface area contributed by atoms with E-state index < -0.39 is 0 Å². The van der Waals surface area contributed by atoms with Crippen molar-refractivity contribution in [2.45, 2.75) is 18.1 Å². The van der Waals surface area contributed by atoms with Gasteiger partial charge in [0.2, 0.25) is 0 Å². The molecule has 0 atom stereocenters. The van der Waals surface area contributed by atoms with Crippen LogP contribution in [0.1, 0.15) is 6.42 Å². The Kier molecular flexibility index (Phi) is 6.82. The van der Waals surface area contributed by atoms with Crippen LogP contribution in [0.5, 0.6) is 5.75 Å². The van der Waals surface area contributed by atoms with E-state index in [1.807, 2.05) is 12.1 Å². The highest BCUT2D eigenvalue weighted by Gasteiger charge is 2.08. The molecule has 8 heteroatoms. The zero-order chi connectivity index (χ0) is 15.8. The summed E-state index contributed by atoms with van der Waals surface area (Å²) in [6, 6.07) is 7.21. The van der Waals surface area contributed by atoms with Crippen LogP contribution in [-0.4, -0.2) is 40.8 Å². The smallest absolute Gasteiger partial charge is 0.343 e. The number of nitrogens with zero attached hydrogens (tertiary/aromatic N) is 2. The van der Waals surface area contributed by atoms with E-state index in [1.54, 1.807) is 23.8 Å². The molecule has 0 aliphatic heterocycles. The fourth-order valence-electron chi connectivity index (χ4n) is 1.80. The Balaban J connectivity index is 1.79. The molecule has 1 N–H and O–H groups in total. The SMILES string of the molecule is COCCCn1c(SCCOc2ccc(Cl)cc2)n[nH]c1=O. The van der Waals surface area contributed by atoms with Crippen molar-refractivity contribution in [3.05, 3.63) is 39.8 Å². The van der Waals surface area contributed by atoms with E-state index in [-0.39, 0.29) is 5.69 Å². The predicted octanol–water partition coefficient (Wildman–Crippen LogP) is 2.43. The lowest BCUT2D eigenvalue weighted by atomic mass is 10.3. The molecule has 0 aliphatic carbocycles. The summed E-state index contributed by atoms with van der Waals surface area (Å²) < 4.78 is 12.2. The average Bonchev–Trinajstić information content (AvgIpc) is 2.87. The lowest BCUT2D eigenvalue weighted by Gasteiger charge is -2.07. The molecule has 0 aliphatic rings. The third-order valence-electron chi connectivity index (χ3n) is 2.85. The van der Waals surface area contributed by atoms with E-state index in [4.69, 9.17) is 21.1 Å². The van der Waals surface area contributed by atoms with E-state index in [0.29, 0.717) is 35.7 Å². The third-order valence-corrected chi connectivity index (χ3v) is 4.04. The number of ether oxygens (including phenoxy) is 2. The molecule has 22 heavy (non-hydrogen) atoms. The maximum absolute atomic E-state index is 11.7. The number of halogens is 1. The van der Waals surface area contributed by atoms with Crippen molar-refractivity contribution in [1.82, 2.24) is 14.8 Å². The first-order valence-corrected chi connectivity index (χ1v) is 8.22. The highest BCUT2D eigenvalue weighted by Crippen LogP contribution is 2.17. The van der Waals surface area contributed by atoms with Crippen molar-refractivity contribution in [3.63, 3.8) is 0 Å². The van der Waals surface area contributed by atoms with Crippen molar-refractivity contribution in [2.75, 3.05) is 26.1 Å². The summed E-state index contributed by atoms with van der Waals surface area (Å²) in [5.41, 5.74) is -0.197. The molecular weight excluding hydrogens is 326 g/mol. The maximum atomic E-state index is 11.7. The summed E-state index contributed by atoms with van der Waals surface area (Å²) in [6.45, 7) is 1.72. The Labute approximate surface area is 137 Å². The molecule has 0 bridgehead atoms. The molecule has 120 valence electrons. The first-order chi connectivity index (χ1) is 10.7. The van der Waals surface area contributed by atoms with Crippen LogP contribution >= 0.6 is 23.4 Å². The van der Waals surface area contributed by atoms with Gasteiger partial charge in [-0.15, -0.1) is 5.10 Å². The number of H-pyrrole nitrogens is 1. The zero-order valence-corrected chi connectivity index (χ0v) is 13.8. The number of aromatic amines is 1. The molecule has 0 radical (unpaired) electrons. The van der Waals surface area contributed by atoms with Gasteiger partial charge in [-0.05, 0) is 30.7 Å². The normalized spacial score (nSPS) is 10.8. The summed E-state index contributed by atoms with van der Waals surface area (Å²) in [5.74, 6) is 1.46. The maximum Gasteiger partial charge on any atom is 0.343 e. The topological polar surface area (TPSA) is 69.1 Å². The van der Waals surface area contributed by atoms with Crippen LogP contribution in [0.25, 0.3) is 0 Å². The van der Waals surface area contributed by atoms with E-state index in [1.165, 1.54) is 11.8 Å². The van der Waals surface area contributed by atoms with Crippen molar-refractivity contribution >= 4 is 23.4 Å². The molecule has 2 aromatic rings. The van der Waals surface area contributed by atoms with Crippen LogP contribution in [0.2, 0.25) is 5.02 Å². The Morgan fingerprint density at radius 2 is 2.09 bits per heavy atom. The van der Waals surface area contributed by atoms with Gasteiger partial charge < -0.3 is 9.47 Å². The lowest BCUT2D eigenvalue weighted by Crippen LogP contribution is -2.18. The van der Waals surface area contributed by atoms with Gasteiger partial charge in [0.15, 0.2) is 5.16 Å². The second-order valence-corrected chi connectivity index (χ2v) is 5.96. The van der Waals surface area contributed by atoms with Crippen LogP contribution in [-0.2, 0) is 11.3 Å². The van der Waals surface area contributed by atoms with Gasteiger partial charge in [0, 0.05) is 31.0 Å². The van der Waals surface area contributed by atoms with Gasteiger partial charge in [0.1, 0.15) is 5.75 Å². The quantitative estimate of drug-likeness (QED) is 0.559. The Bertz CT molecular complexity index is 627. The molecule has 0 saturated heterocycles. The fourth-order valence-corrected chi connectivity index (χ4v) is 2.72. The van der Waals surface area contributed by atoms with Gasteiger partial charge in [-0.2, -0.15) is 0 Å². The van der Waals surface area contributed by atoms with Crippen LogP contribution < -0.4 is 10.4 Å². The molecule has 1 aromatic carbocycles. The zero-order valence-electron chi connectivity index (χ0n) is 12.3. The van der Waals surface area contributed by atoms with Gasteiger partial charge in [0.05, 0.1) is 6.61 Å². The summed E-state index contributed by atoms with van der Waals surface area (Å²) in [4.78, 5) is 11.7. The van der Waals surface area contributed by atoms with Gasteiger partial charge >= 0.3 is 5.69 Å². The molecule has 0 unspecified atom stereocenters. The Hall–Kier alpha value is -1.44. The molecule has 1 aromatic heterocycles. The number of methoxy groups -OCH3 is 1. The minimum absolute atomic E-state index is 0.197. The van der Waals surface area contributed by atoms with Crippen LogP contribution in [0.4, 0.5) is 0 Å². The average molecular weight is 344 g/mol. The standard InChI is InChI=1S/C14H18ClN3O3S/c1-20-8-2-7-18-13(19)16-17-14(18)22-10-9-21-12-5-3-11(15)4-6-12/h3-6H,2,7-10H2,1H3,(H,16,19). The number of rotatable bonds is 9. The number of benzene rings is 1. The largest absolute Gasteiger partial charge is 0.493 e. The van der Waals surface area contributed by atoms with Gasteiger partial charge in [-0.1, -0.05) is 23.4 Å². The van der Waals surface area contributed by atoms with Crippen LogP contribution in [0.15, 0.2) is 34.2 Å². The molecule has 2 rings (SSSR count). The van der Waals surface area contributed by atoms with Crippen molar-refractivity contribution in [3.8, 4) is 5.75 Å². The Morgan fingerprint density at radius 3 is 2.82 bits per heavy atom. The van der Waals surface area contributed by atoms with Crippen LogP contribution in [0.3, 0.4) is 0 Å². The van der Waals surface area contributed by atoms with Crippen molar-refractivity contribution in [2.24, 2.45) is 0 Å². The van der Waals surface area contributed by atoms with Gasteiger partial charge in [0.25, 0.3) is 0 Å². The summed E-state index contributed by atoms with van der Waals surface area (Å²) >= 11 is 7.29. The fraction of sp³-hybridized carbons (Fsp3) is 0.429. The molecule has 0 spiro atoms. The molecule has 6 nitrogen and oxygen atoms in total. The van der Waals surface area contributed by atoms with Crippen molar-refractivity contribution in [1.29, 1.82) is 0 Å². The summed E-state index contributed by atoms with van der Waals surface area (Å²) in [5, 5.41) is 7.84. The minimum Gasteiger partial charge on any atom is -0.493 e. The number of aromatic nitrogens is 3. The predicted molar refractivity (Wildman–Crippen MR) is 87.0 cm³/mol. The second-order valence-electron chi connectivity index (χ2n) is 4.46. The molecular formula is C14H18ClN3O3S. The highest BCUT2D eigenvalue weighted by molar-refractivity contribution is 7.99. The van der Waals surface area contributed by atoms with Gasteiger partial charge in [-0.3, -0.25) is 4.57 Å². The third kappa shape index (κ3) is 5.08. The monoisotopic (exact) mass is 343 g/mol. The number of thioether (sulfide) groups is 1. The van der Waals surface area contributed by atoms with Gasteiger partial charge in [-0.25, -0.2) is 9.89 Å². The summed E-state index contributed by atoms with van der Waals surface area (Å²) in [7, 11) is 1.64. The summed E-state index contributed by atoms with van der Waals surface area (Å²) in [6.07, 6.45) is 0.769. The molecule has 0 amide bonds. The second kappa shape index (κ2) is 8.87. The minimum atomic E-state index is -0.197. The number of hydrogen-bond donors (Lipinski definition) is 1. The van der Waals surface area contributed by atoms with Crippen LogP contribution in [0, 0.1) is 0 Å². The van der Waals surface area contributed by atoms with E-state index in [2.05, 4.69) is 10.2 Å². The molecule has 1 heterocycles. The number of nitrogens with one attached hydrogen (secondary N) is 1. The molecule has 0 fully saturated rings. The first kappa shape index (κ1) is 16.9. The van der Waals surface area contributed by atoms with Crippen molar-refractivity contribution < 1.29 is 9.47 Å². The Morgan fingerprint density at radius 1 is 1.32 bits per heavy atom. The van der Waals surface area contributed by atoms with E-state index >= 15 is 0 Å². The first-order valence-electron chi connectivity index (χ1n) is 6.86. The number of hydrogen-bond acceptors (Lipinski definition) is 5. The van der Waals surface area contributed by atoms with E-state index in [0.717, 1.165) is 12.2 Å². The van der Waals surface area contributed by atoms with E-state index in [9.17, 15) is 4.79 Å². The highest BCUT2D eigenvalue weighted by atomic mass is 35.5. The lowest BCUT2D eigenvalue weighted by molar-refractivity contribution is 0.189. The molecule has 0 saturated carbocycles.